The lowest BCUT2D eigenvalue weighted by Crippen LogP contribution is -2.33. The van der Waals surface area contributed by atoms with E-state index in [9.17, 15) is 0 Å². The Balaban J connectivity index is 2.06. The molecule has 1 heterocycles. The molecule has 0 amide bonds. The highest BCUT2D eigenvalue weighted by Crippen LogP contribution is 2.22. The van der Waals surface area contributed by atoms with Crippen LogP contribution in [0.15, 0.2) is 28.7 Å². The Hall–Kier alpha value is -1.43. The van der Waals surface area contributed by atoms with Gasteiger partial charge in [0.05, 0.1) is 6.54 Å². The average Bonchev–Trinajstić information content (AvgIpc) is 2.92. The molecule has 0 atom stereocenters. The lowest BCUT2D eigenvalue weighted by molar-refractivity contribution is 0.155. The fourth-order valence-electron chi connectivity index (χ4n) is 2.40. The van der Waals surface area contributed by atoms with Crippen molar-refractivity contribution in [2.75, 3.05) is 19.7 Å². The summed E-state index contributed by atoms with van der Waals surface area (Å²) in [6, 6.07) is 7.32. The summed E-state index contributed by atoms with van der Waals surface area (Å²) in [7, 11) is 0. The maximum Gasteiger partial charge on any atom is 0.247 e. The predicted octanol–water partition coefficient (Wildman–Crippen LogP) is 3.62. The maximum atomic E-state index is 9.07. The van der Waals surface area contributed by atoms with Crippen molar-refractivity contribution in [2.45, 2.75) is 33.7 Å². The van der Waals surface area contributed by atoms with E-state index >= 15 is 0 Å². The second-order valence-electron chi connectivity index (χ2n) is 6.86. The normalized spacial score (nSPS) is 12.1. The van der Waals surface area contributed by atoms with Gasteiger partial charge in [-0.1, -0.05) is 32.4 Å². The Bertz CT molecular complexity index is 605. The molecule has 0 aliphatic carbocycles. The van der Waals surface area contributed by atoms with Crippen molar-refractivity contribution in [1.82, 2.24) is 15.1 Å². The molecule has 1 aromatic heterocycles. The van der Waals surface area contributed by atoms with Gasteiger partial charge < -0.3 is 9.52 Å². The van der Waals surface area contributed by atoms with E-state index in [4.69, 9.17) is 21.1 Å². The SMILES string of the molecule is CC(C)(C)CN(CCCO)Cc1nnc(-c2ccc(Cl)cc2)o1. The zero-order chi connectivity index (χ0) is 16.9. The quantitative estimate of drug-likeness (QED) is 0.836. The second kappa shape index (κ2) is 7.90. The van der Waals surface area contributed by atoms with Crippen LogP contribution in [0, 0.1) is 5.41 Å². The summed E-state index contributed by atoms with van der Waals surface area (Å²) in [5.74, 6) is 1.08. The average molecular weight is 338 g/mol. The molecule has 0 bridgehead atoms. The minimum absolute atomic E-state index is 0.161. The third-order valence-electron chi connectivity index (χ3n) is 3.25. The topological polar surface area (TPSA) is 62.4 Å². The lowest BCUT2D eigenvalue weighted by Gasteiger charge is -2.28. The first-order valence-corrected chi connectivity index (χ1v) is 8.17. The van der Waals surface area contributed by atoms with Crippen LogP contribution in [0.5, 0.6) is 0 Å². The van der Waals surface area contributed by atoms with Gasteiger partial charge in [0.1, 0.15) is 0 Å². The van der Waals surface area contributed by atoms with Gasteiger partial charge in [-0.05, 0) is 36.1 Å². The highest BCUT2D eigenvalue weighted by molar-refractivity contribution is 6.30. The van der Waals surface area contributed by atoms with Crippen LogP contribution in [0.4, 0.5) is 0 Å². The van der Waals surface area contributed by atoms with Crippen LogP contribution in [0.2, 0.25) is 5.02 Å². The van der Waals surface area contributed by atoms with Gasteiger partial charge in [0.2, 0.25) is 11.8 Å². The molecule has 6 heteroatoms. The molecule has 0 saturated carbocycles. The van der Waals surface area contributed by atoms with Crippen LogP contribution in [-0.2, 0) is 6.54 Å². The van der Waals surface area contributed by atoms with Crippen LogP contribution in [0.25, 0.3) is 11.5 Å². The summed E-state index contributed by atoms with van der Waals surface area (Å²) in [5.41, 5.74) is 1.01. The molecule has 0 aliphatic rings. The van der Waals surface area contributed by atoms with E-state index < -0.39 is 0 Å². The van der Waals surface area contributed by atoms with E-state index in [1.807, 2.05) is 12.1 Å². The molecule has 0 aliphatic heterocycles. The zero-order valence-corrected chi connectivity index (χ0v) is 14.7. The first kappa shape index (κ1) is 17.9. The fraction of sp³-hybridized carbons (Fsp3) is 0.529. The molecule has 0 radical (unpaired) electrons. The summed E-state index contributed by atoms with van der Waals surface area (Å²) in [5, 5.41) is 18.0. The van der Waals surface area contributed by atoms with Crippen LogP contribution in [-0.4, -0.2) is 39.9 Å². The van der Waals surface area contributed by atoms with Crippen LogP contribution in [0.3, 0.4) is 0 Å². The molecule has 0 fully saturated rings. The Labute approximate surface area is 142 Å². The van der Waals surface area contributed by atoms with Gasteiger partial charge >= 0.3 is 0 Å². The number of aliphatic hydroxyl groups excluding tert-OH is 1. The van der Waals surface area contributed by atoms with Gasteiger partial charge in [0, 0.05) is 30.3 Å². The minimum atomic E-state index is 0.161. The Kier molecular flexibility index (Phi) is 6.16. The van der Waals surface area contributed by atoms with Crippen molar-refractivity contribution in [2.24, 2.45) is 5.41 Å². The van der Waals surface area contributed by atoms with Gasteiger partial charge in [-0.3, -0.25) is 4.90 Å². The van der Waals surface area contributed by atoms with Gasteiger partial charge in [-0.15, -0.1) is 10.2 Å². The van der Waals surface area contributed by atoms with E-state index in [2.05, 4.69) is 35.9 Å². The molecule has 1 aromatic carbocycles. The Morgan fingerprint density at radius 3 is 2.48 bits per heavy atom. The number of rotatable bonds is 7. The fourth-order valence-corrected chi connectivity index (χ4v) is 2.52. The van der Waals surface area contributed by atoms with Gasteiger partial charge in [-0.2, -0.15) is 0 Å². The minimum Gasteiger partial charge on any atom is -0.419 e. The van der Waals surface area contributed by atoms with Crippen molar-refractivity contribution >= 4 is 11.6 Å². The van der Waals surface area contributed by atoms with E-state index in [0.717, 1.165) is 25.1 Å². The lowest BCUT2D eigenvalue weighted by atomic mass is 9.96. The second-order valence-corrected chi connectivity index (χ2v) is 7.29. The molecule has 1 N–H and O–H groups in total. The van der Waals surface area contributed by atoms with E-state index in [1.54, 1.807) is 12.1 Å². The molecular weight excluding hydrogens is 314 g/mol. The van der Waals surface area contributed by atoms with Crippen molar-refractivity contribution in [3.05, 3.63) is 35.2 Å². The summed E-state index contributed by atoms with van der Waals surface area (Å²) in [4.78, 5) is 2.23. The van der Waals surface area contributed by atoms with Crippen molar-refractivity contribution < 1.29 is 9.52 Å². The summed E-state index contributed by atoms with van der Waals surface area (Å²) in [6.45, 7) is 9.01. The highest BCUT2D eigenvalue weighted by atomic mass is 35.5. The number of benzene rings is 1. The number of aliphatic hydroxyl groups is 1. The van der Waals surface area contributed by atoms with Crippen molar-refractivity contribution in [3.8, 4) is 11.5 Å². The first-order valence-electron chi connectivity index (χ1n) is 7.79. The summed E-state index contributed by atoms with van der Waals surface area (Å²) >= 11 is 5.89. The smallest absolute Gasteiger partial charge is 0.247 e. The van der Waals surface area contributed by atoms with Crippen LogP contribution >= 0.6 is 11.6 Å². The zero-order valence-electron chi connectivity index (χ0n) is 13.9. The first-order chi connectivity index (χ1) is 10.9. The standard InChI is InChI=1S/C17H24ClN3O2/c1-17(2,3)12-21(9-4-10-22)11-15-19-20-16(23-15)13-5-7-14(18)8-6-13/h5-8,22H,4,9-12H2,1-3H3. The highest BCUT2D eigenvalue weighted by Gasteiger charge is 2.19. The van der Waals surface area contributed by atoms with Crippen LogP contribution < -0.4 is 0 Å². The van der Waals surface area contributed by atoms with E-state index in [1.165, 1.54) is 0 Å². The number of hydrogen-bond donors (Lipinski definition) is 1. The van der Waals surface area contributed by atoms with Crippen molar-refractivity contribution in [3.63, 3.8) is 0 Å². The summed E-state index contributed by atoms with van der Waals surface area (Å²) in [6.07, 6.45) is 0.730. The molecule has 0 unspecified atom stereocenters. The molecule has 126 valence electrons. The molecule has 0 saturated heterocycles. The molecule has 2 rings (SSSR count). The number of halogens is 1. The molecule has 0 spiro atoms. The van der Waals surface area contributed by atoms with Gasteiger partial charge in [0.25, 0.3) is 0 Å². The predicted molar refractivity (Wildman–Crippen MR) is 91.2 cm³/mol. The van der Waals surface area contributed by atoms with E-state index in [-0.39, 0.29) is 12.0 Å². The maximum absolute atomic E-state index is 9.07. The molecule has 23 heavy (non-hydrogen) atoms. The third kappa shape index (κ3) is 5.94. The Morgan fingerprint density at radius 1 is 1.17 bits per heavy atom. The van der Waals surface area contributed by atoms with Gasteiger partial charge in [-0.25, -0.2) is 0 Å². The van der Waals surface area contributed by atoms with E-state index in [0.29, 0.717) is 23.3 Å². The Morgan fingerprint density at radius 2 is 1.87 bits per heavy atom. The van der Waals surface area contributed by atoms with Crippen molar-refractivity contribution in [1.29, 1.82) is 0 Å². The monoisotopic (exact) mass is 337 g/mol. The molecule has 2 aromatic rings. The number of aromatic nitrogens is 2. The van der Waals surface area contributed by atoms with Gasteiger partial charge in [0.15, 0.2) is 0 Å². The third-order valence-corrected chi connectivity index (χ3v) is 3.50. The number of hydrogen-bond acceptors (Lipinski definition) is 5. The number of nitrogens with zero attached hydrogens (tertiary/aromatic N) is 3. The largest absolute Gasteiger partial charge is 0.419 e. The van der Waals surface area contributed by atoms with Crippen LogP contribution in [0.1, 0.15) is 33.1 Å². The molecule has 5 nitrogen and oxygen atoms in total. The summed E-state index contributed by atoms with van der Waals surface area (Å²) < 4.78 is 5.77. The molecular formula is C17H24ClN3O2.